The van der Waals surface area contributed by atoms with Gasteiger partial charge in [-0.3, -0.25) is 4.79 Å². The summed E-state index contributed by atoms with van der Waals surface area (Å²) >= 11 is 0. The Kier molecular flexibility index (Phi) is 6.03. The molecule has 3 nitrogen and oxygen atoms in total. The zero-order valence-corrected chi connectivity index (χ0v) is 19.9. The zero-order valence-electron chi connectivity index (χ0n) is 19.9. The summed E-state index contributed by atoms with van der Waals surface area (Å²) < 4.78 is 0. The lowest BCUT2D eigenvalue weighted by Gasteiger charge is -2.58. The van der Waals surface area contributed by atoms with Crippen LogP contribution in [0.15, 0.2) is 11.6 Å². The van der Waals surface area contributed by atoms with Gasteiger partial charge in [-0.1, -0.05) is 46.3 Å². The van der Waals surface area contributed by atoms with Crippen LogP contribution >= 0.6 is 0 Å². The van der Waals surface area contributed by atoms with Crippen molar-refractivity contribution >= 4 is 5.78 Å². The molecule has 0 spiro atoms. The average Bonchev–Trinajstić information content (AvgIpc) is 2.96. The quantitative estimate of drug-likeness (QED) is 0.579. The molecule has 170 valence electrons. The number of allylic oxidation sites excluding steroid dienone is 1. The summed E-state index contributed by atoms with van der Waals surface area (Å²) in [6.45, 7) is 11.3. The van der Waals surface area contributed by atoms with Crippen LogP contribution in [-0.4, -0.2) is 28.2 Å². The summed E-state index contributed by atoms with van der Waals surface area (Å²) in [7, 11) is 0. The maximum absolute atomic E-state index is 13.0. The topological polar surface area (TPSA) is 57.5 Å². The van der Waals surface area contributed by atoms with E-state index >= 15 is 0 Å². The molecule has 0 radical (unpaired) electrons. The van der Waals surface area contributed by atoms with Crippen LogP contribution in [0.3, 0.4) is 0 Å². The second kappa shape index (κ2) is 8.03. The lowest BCUT2D eigenvalue weighted by molar-refractivity contribution is -0.129. The van der Waals surface area contributed by atoms with Crippen molar-refractivity contribution in [2.45, 2.75) is 105 Å². The van der Waals surface area contributed by atoms with Gasteiger partial charge >= 0.3 is 0 Å². The molecular weight excluding hydrogens is 372 g/mol. The number of Topliss-reactive ketones (excluding diaryl/α,β-unsaturated/α-hetero) is 1. The maximum atomic E-state index is 13.0. The van der Waals surface area contributed by atoms with Gasteiger partial charge in [-0.05, 0) is 91.8 Å². The summed E-state index contributed by atoms with van der Waals surface area (Å²) in [5.41, 5.74) is 1.80. The number of ketones is 1. The van der Waals surface area contributed by atoms with E-state index in [0.29, 0.717) is 35.9 Å². The first-order valence-electron chi connectivity index (χ1n) is 12.7. The van der Waals surface area contributed by atoms with E-state index in [0.717, 1.165) is 44.9 Å². The Labute approximate surface area is 183 Å². The molecule has 4 rings (SSSR count). The fourth-order valence-corrected chi connectivity index (χ4v) is 8.46. The van der Waals surface area contributed by atoms with Crippen LogP contribution in [0.5, 0.6) is 0 Å². The van der Waals surface area contributed by atoms with Crippen molar-refractivity contribution in [3.8, 4) is 0 Å². The lowest BCUT2D eigenvalue weighted by Crippen LogP contribution is -2.51. The molecule has 0 saturated heterocycles. The van der Waals surface area contributed by atoms with Gasteiger partial charge < -0.3 is 10.2 Å². The molecule has 9 atom stereocenters. The van der Waals surface area contributed by atoms with Crippen LogP contribution in [0.25, 0.3) is 0 Å². The number of carbonyl (C=O) groups excluding carboxylic acids is 1. The van der Waals surface area contributed by atoms with E-state index in [9.17, 15) is 15.0 Å². The zero-order chi connectivity index (χ0) is 21.8. The molecule has 0 bridgehead atoms. The molecule has 0 heterocycles. The van der Waals surface area contributed by atoms with Gasteiger partial charge in [0.25, 0.3) is 0 Å². The largest absolute Gasteiger partial charge is 0.393 e. The molecule has 4 aliphatic carbocycles. The van der Waals surface area contributed by atoms with E-state index < -0.39 is 0 Å². The smallest absolute Gasteiger partial charge is 0.136 e. The minimum Gasteiger partial charge on any atom is -0.393 e. The van der Waals surface area contributed by atoms with Crippen molar-refractivity contribution in [1.29, 1.82) is 0 Å². The van der Waals surface area contributed by atoms with Crippen molar-refractivity contribution in [2.75, 3.05) is 0 Å². The first-order valence-corrected chi connectivity index (χ1v) is 12.7. The second-order valence-electron chi connectivity index (χ2n) is 12.2. The molecule has 30 heavy (non-hydrogen) atoms. The van der Waals surface area contributed by atoms with Crippen LogP contribution in [0.4, 0.5) is 0 Å². The molecule has 0 aromatic rings. The average molecular weight is 417 g/mol. The number of hydrogen-bond acceptors (Lipinski definition) is 3. The fourth-order valence-electron chi connectivity index (χ4n) is 8.46. The van der Waals surface area contributed by atoms with E-state index in [1.807, 2.05) is 0 Å². The SMILES string of the molecule is CC(C)CCC(=O)[C@@H](C)[C@H]1[C@@H](O)C[C@H]2[C@@H]3CC=C4C[C@@H](O)CCC4(C)[C@H]3CC[C@]12C. The molecular formula is C27H44O3. The third-order valence-corrected chi connectivity index (χ3v) is 10.2. The van der Waals surface area contributed by atoms with Gasteiger partial charge in [-0.15, -0.1) is 0 Å². The number of aliphatic hydroxyl groups is 2. The maximum Gasteiger partial charge on any atom is 0.136 e. The summed E-state index contributed by atoms with van der Waals surface area (Å²) in [6, 6.07) is 0. The highest BCUT2D eigenvalue weighted by atomic mass is 16.3. The van der Waals surface area contributed by atoms with Crippen LogP contribution in [0, 0.1) is 46.3 Å². The minimum atomic E-state index is -0.344. The number of hydrogen-bond donors (Lipinski definition) is 2. The van der Waals surface area contributed by atoms with Gasteiger partial charge in [0.15, 0.2) is 0 Å². The molecule has 0 aromatic heterocycles. The van der Waals surface area contributed by atoms with Crippen LogP contribution in [0.1, 0.15) is 92.4 Å². The standard InChI is InChI=1S/C27H44O3/c1-16(2)6-9-23(29)17(3)25-24(30)15-22-20-8-7-18-14-19(28)10-12-26(18,4)21(20)11-13-27(22,25)5/h7,16-17,19-22,24-25,28,30H,6,8-15H2,1-5H3/t17-,19+,20-,21+,22+,24+,25+,26?,27+/m1/s1. The lowest BCUT2D eigenvalue weighted by atomic mass is 9.47. The fraction of sp³-hybridized carbons (Fsp3) is 0.889. The molecule has 3 heteroatoms. The third-order valence-electron chi connectivity index (χ3n) is 10.2. The first kappa shape index (κ1) is 22.5. The third kappa shape index (κ3) is 3.52. The van der Waals surface area contributed by atoms with Crippen LogP contribution < -0.4 is 0 Å². The number of aliphatic hydroxyl groups excluding tert-OH is 2. The Morgan fingerprint density at radius 3 is 2.57 bits per heavy atom. The van der Waals surface area contributed by atoms with Crippen molar-refractivity contribution in [2.24, 2.45) is 46.3 Å². The van der Waals surface area contributed by atoms with E-state index in [4.69, 9.17) is 0 Å². The highest BCUT2D eigenvalue weighted by Crippen LogP contribution is 2.67. The molecule has 3 saturated carbocycles. The summed E-state index contributed by atoms with van der Waals surface area (Å²) in [5, 5.41) is 21.4. The van der Waals surface area contributed by atoms with E-state index in [-0.39, 0.29) is 34.9 Å². The Morgan fingerprint density at radius 1 is 1.13 bits per heavy atom. The highest BCUT2D eigenvalue weighted by Gasteiger charge is 2.62. The number of rotatable bonds is 5. The van der Waals surface area contributed by atoms with Crippen LogP contribution in [-0.2, 0) is 4.79 Å². The number of fused-ring (bicyclic) bond motifs is 5. The van der Waals surface area contributed by atoms with Gasteiger partial charge in [-0.2, -0.15) is 0 Å². The molecule has 1 unspecified atom stereocenters. The van der Waals surface area contributed by atoms with Crippen molar-refractivity contribution in [3.05, 3.63) is 11.6 Å². The normalized spacial score (nSPS) is 46.6. The molecule has 0 aromatic carbocycles. The highest BCUT2D eigenvalue weighted by molar-refractivity contribution is 5.81. The Hall–Kier alpha value is -0.670. The van der Waals surface area contributed by atoms with Crippen molar-refractivity contribution < 1.29 is 15.0 Å². The summed E-state index contributed by atoms with van der Waals surface area (Å²) in [4.78, 5) is 13.0. The summed E-state index contributed by atoms with van der Waals surface area (Å²) in [5.74, 6) is 2.77. The van der Waals surface area contributed by atoms with Crippen molar-refractivity contribution in [3.63, 3.8) is 0 Å². The van der Waals surface area contributed by atoms with Gasteiger partial charge in [0.05, 0.1) is 12.2 Å². The second-order valence-corrected chi connectivity index (χ2v) is 12.2. The monoisotopic (exact) mass is 416 g/mol. The first-order chi connectivity index (χ1) is 14.1. The predicted molar refractivity (Wildman–Crippen MR) is 121 cm³/mol. The van der Waals surface area contributed by atoms with Gasteiger partial charge in [-0.25, -0.2) is 0 Å². The summed E-state index contributed by atoms with van der Waals surface area (Å²) in [6.07, 6.45) is 10.7. The molecule has 0 amide bonds. The number of carbonyl (C=O) groups is 1. The molecule has 2 N–H and O–H groups in total. The molecule has 3 fully saturated rings. The Balaban J connectivity index is 1.56. The van der Waals surface area contributed by atoms with E-state index in [1.165, 1.54) is 12.0 Å². The molecule has 0 aliphatic heterocycles. The Bertz CT molecular complexity index is 696. The van der Waals surface area contributed by atoms with E-state index in [2.05, 4.69) is 40.7 Å². The van der Waals surface area contributed by atoms with Crippen LogP contribution in [0.2, 0.25) is 0 Å². The van der Waals surface area contributed by atoms with E-state index in [1.54, 1.807) is 0 Å². The predicted octanol–water partition coefficient (Wildman–Crippen LogP) is 5.54. The Morgan fingerprint density at radius 2 is 1.87 bits per heavy atom. The minimum absolute atomic E-state index is 0.0413. The van der Waals surface area contributed by atoms with Crippen molar-refractivity contribution in [1.82, 2.24) is 0 Å². The van der Waals surface area contributed by atoms with Gasteiger partial charge in [0.1, 0.15) is 5.78 Å². The van der Waals surface area contributed by atoms with Gasteiger partial charge in [0.2, 0.25) is 0 Å². The van der Waals surface area contributed by atoms with Gasteiger partial charge in [0, 0.05) is 12.3 Å². The molecule has 4 aliphatic rings.